The van der Waals surface area contributed by atoms with E-state index in [1.165, 1.54) is 40.5 Å². The minimum atomic E-state index is -3.93. The van der Waals surface area contributed by atoms with Crippen LogP contribution in [0.15, 0.2) is 45.8 Å². The molecule has 2 aromatic carbocycles. The Morgan fingerprint density at radius 3 is 2.44 bits per heavy atom. The second-order valence-electron chi connectivity index (χ2n) is 6.81. The lowest BCUT2D eigenvalue weighted by atomic mass is 10.1. The second-order valence-corrected chi connectivity index (χ2v) is 8.86. The number of carbonyl (C=O) groups excluding carboxylic acids is 1. The first-order chi connectivity index (χ1) is 15.2. The van der Waals surface area contributed by atoms with Gasteiger partial charge in [0.25, 0.3) is 0 Å². The maximum Gasteiger partial charge on any atom is 0.338 e. The van der Waals surface area contributed by atoms with Crippen LogP contribution < -0.4 is 9.47 Å². The average molecular weight is 461 g/mol. The minimum absolute atomic E-state index is 0.0503. The molecular weight excluding hydrogens is 438 g/mol. The fourth-order valence-electron chi connectivity index (χ4n) is 2.96. The highest BCUT2D eigenvalue weighted by Crippen LogP contribution is 2.31. The molecule has 0 aliphatic rings. The van der Waals surface area contributed by atoms with Gasteiger partial charge in [-0.25, -0.2) is 13.2 Å². The van der Waals surface area contributed by atoms with E-state index in [1.807, 2.05) is 0 Å². The Morgan fingerprint density at radius 2 is 1.78 bits per heavy atom. The van der Waals surface area contributed by atoms with Gasteiger partial charge in [-0.3, -0.25) is 0 Å². The lowest BCUT2D eigenvalue weighted by Gasteiger charge is -2.16. The summed E-state index contributed by atoms with van der Waals surface area (Å²) in [5.74, 6) is 0.807. The second kappa shape index (κ2) is 9.37. The Hall–Kier alpha value is -3.44. The molecule has 0 radical (unpaired) electrons. The normalized spacial score (nSPS) is 11.4. The molecule has 170 valence electrons. The zero-order chi connectivity index (χ0) is 23.5. The van der Waals surface area contributed by atoms with Crippen LogP contribution in [0.2, 0.25) is 0 Å². The highest BCUT2D eigenvalue weighted by molar-refractivity contribution is 7.89. The molecule has 0 N–H and O–H groups in total. The largest absolute Gasteiger partial charge is 0.493 e. The van der Waals surface area contributed by atoms with Gasteiger partial charge in [0.1, 0.15) is 0 Å². The number of aromatic nitrogens is 2. The maximum atomic E-state index is 13.0. The third-order valence-corrected chi connectivity index (χ3v) is 6.59. The van der Waals surface area contributed by atoms with Gasteiger partial charge in [0.15, 0.2) is 11.5 Å². The van der Waals surface area contributed by atoms with Gasteiger partial charge in [0, 0.05) is 12.6 Å². The van der Waals surface area contributed by atoms with Gasteiger partial charge in [0.05, 0.1) is 38.3 Å². The molecule has 3 rings (SSSR count). The first-order valence-electron chi connectivity index (χ1n) is 9.41. The summed E-state index contributed by atoms with van der Waals surface area (Å²) in [6.45, 7) is 1.53. The molecule has 0 atom stereocenters. The number of hydrogen-bond acceptors (Lipinski definition) is 9. The van der Waals surface area contributed by atoms with E-state index in [9.17, 15) is 13.2 Å². The number of sulfonamides is 1. The Labute approximate surface area is 185 Å². The summed E-state index contributed by atoms with van der Waals surface area (Å²) in [6, 6.07) is 9.39. The zero-order valence-electron chi connectivity index (χ0n) is 18.3. The highest BCUT2D eigenvalue weighted by Gasteiger charge is 2.25. The summed E-state index contributed by atoms with van der Waals surface area (Å²) >= 11 is 0. The Kier molecular flexibility index (Phi) is 6.80. The topological polar surface area (TPSA) is 121 Å². The molecule has 0 spiro atoms. The number of nitrogens with zero attached hydrogens (tertiary/aromatic N) is 3. The lowest BCUT2D eigenvalue weighted by Crippen LogP contribution is -2.27. The van der Waals surface area contributed by atoms with Gasteiger partial charge >= 0.3 is 5.97 Å². The molecule has 0 bridgehead atoms. The van der Waals surface area contributed by atoms with Crippen molar-refractivity contribution in [1.82, 2.24) is 14.4 Å². The third kappa shape index (κ3) is 4.58. The molecule has 0 aliphatic heterocycles. The lowest BCUT2D eigenvalue weighted by molar-refractivity contribution is 0.0599. The molecule has 0 amide bonds. The van der Waals surface area contributed by atoms with Crippen molar-refractivity contribution in [3.8, 4) is 22.9 Å². The molecule has 10 nitrogen and oxygen atoms in total. The van der Waals surface area contributed by atoms with Crippen LogP contribution in [0.4, 0.5) is 0 Å². The van der Waals surface area contributed by atoms with Crippen LogP contribution >= 0.6 is 0 Å². The fourth-order valence-corrected chi connectivity index (χ4v) is 4.11. The molecule has 0 unspecified atom stereocenters. The van der Waals surface area contributed by atoms with Crippen molar-refractivity contribution in [3.63, 3.8) is 0 Å². The van der Waals surface area contributed by atoms with Crippen LogP contribution in [0.1, 0.15) is 21.8 Å². The first kappa shape index (κ1) is 23.2. The van der Waals surface area contributed by atoms with Gasteiger partial charge in [-0.05, 0) is 42.8 Å². The monoisotopic (exact) mass is 461 g/mol. The van der Waals surface area contributed by atoms with Crippen molar-refractivity contribution in [1.29, 1.82) is 0 Å². The number of hydrogen-bond donors (Lipinski definition) is 0. The summed E-state index contributed by atoms with van der Waals surface area (Å²) in [5, 5.41) is 3.92. The molecule has 1 aromatic heterocycles. The summed E-state index contributed by atoms with van der Waals surface area (Å²) in [7, 11) is 1.73. The van der Waals surface area contributed by atoms with Gasteiger partial charge < -0.3 is 18.7 Å². The quantitative estimate of drug-likeness (QED) is 0.466. The molecule has 0 aliphatic carbocycles. The summed E-state index contributed by atoms with van der Waals surface area (Å²) in [5.41, 5.74) is 1.40. The molecule has 0 saturated carbocycles. The maximum absolute atomic E-state index is 13.0. The predicted octanol–water partition coefficient (Wildman–Crippen LogP) is 2.67. The summed E-state index contributed by atoms with van der Waals surface area (Å²) in [4.78, 5) is 16.1. The number of benzene rings is 2. The Bertz CT molecular complexity index is 1240. The molecule has 0 saturated heterocycles. The van der Waals surface area contributed by atoms with Crippen LogP contribution in [0, 0.1) is 6.92 Å². The van der Waals surface area contributed by atoms with Crippen LogP contribution in [-0.2, 0) is 21.3 Å². The van der Waals surface area contributed by atoms with E-state index in [4.69, 9.17) is 18.7 Å². The van der Waals surface area contributed by atoms with Gasteiger partial charge in [-0.2, -0.15) is 9.29 Å². The highest BCUT2D eigenvalue weighted by atomic mass is 32.2. The standard InChI is InChI=1S/C21H23N3O7S/c1-13-6-8-15(11-16(13)21(25)30-5)32(26,27)24(2)12-19-22-20(23-31-19)14-7-9-17(28-3)18(10-14)29-4/h6-11H,12H2,1-5H3. The Morgan fingerprint density at radius 1 is 1.06 bits per heavy atom. The number of esters is 1. The molecule has 1 heterocycles. The summed E-state index contributed by atoms with van der Waals surface area (Å²) < 4.78 is 47.5. The van der Waals surface area contributed by atoms with Crippen molar-refractivity contribution in [2.45, 2.75) is 18.4 Å². The third-order valence-electron chi connectivity index (χ3n) is 4.79. The van der Waals surface area contributed by atoms with E-state index in [0.29, 0.717) is 22.6 Å². The van der Waals surface area contributed by atoms with E-state index in [2.05, 4.69) is 10.1 Å². The average Bonchev–Trinajstić information content (AvgIpc) is 3.26. The van der Waals surface area contributed by atoms with Crippen LogP contribution in [0.25, 0.3) is 11.4 Å². The number of rotatable bonds is 8. The van der Waals surface area contributed by atoms with Crippen molar-refractivity contribution >= 4 is 16.0 Å². The number of carbonyl (C=O) groups is 1. The van der Waals surface area contributed by atoms with Gasteiger partial charge in [-0.15, -0.1) is 0 Å². The van der Waals surface area contributed by atoms with Gasteiger partial charge in [0.2, 0.25) is 21.7 Å². The van der Waals surface area contributed by atoms with E-state index >= 15 is 0 Å². The number of ether oxygens (including phenoxy) is 3. The van der Waals surface area contributed by atoms with Crippen molar-refractivity contribution < 1.29 is 31.9 Å². The van der Waals surface area contributed by atoms with Crippen molar-refractivity contribution in [3.05, 3.63) is 53.4 Å². The predicted molar refractivity (Wildman–Crippen MR) is 114 cm³/mol. The molecule has 32 heavy (non-hydrogen) atoms. The fraction of sp³-hybridized carbons (Fsp3) is 0.286. The zero-order valence-corrected chi connectivity index (χ0v) is 19.1. The van der Waals surface area contributed by atoms with Crippen LogP contribution in [0.5, 0.6) is 11.5 Å². The molecule has 11 heteroatoms. The van der Waals surface area contributed by atoms with Gasteiger partial charge in [-0.1, -0.05) is 11.2 Å². The number of methoxy groups -OCH3 is 3. The van der Waals surface area contributed by atoms with E-state index < -0.39 is 16.0 Å². The Balaban J connectivity index is 1.83. The van der Waals surface area contributed by atoms with Crippen molar-refractivity contribution in [2.24, 2.45) is 0 Å². The molecule has 0 fully saturated rings. The van der Waals surface area contributed by atoms with E-state index in [-0.39, 0.29) is 28.7 Å². The first-order valence-corrected chi connectivity index (χ1v) is 10.9. The number of aryl methyl sites for hydroxylation is 1. The SMILES string of the molecule is COC(=O)c1cc(S(=O)(=O)N(C)Cc2nc(-c3ccc(OC)c(OC)c3)no2)ccc1C. The minimum Gasteiger partial charge on any atom is -0.493 e. The smallest absolute Gasteiger partial charge is 0.338 e. The van der Waals surface area contributed by atoms with Crippen LogP contribution in [-0.4, -0.2) is 57.2 Å². The van der Waals surface area contributed by atoms with E-state index in [1.54, 1.807) is 31.2 Å². The van der Waals surface area contributed by atoms with E-state index in [0.717, 1.165) is 4.31 Å². The molecular formula is C21H23N3O7S. The van der Waals surface area contributed by atoms with Crippen molar-refractivity contribution in [2.75, 3.05) is 28.4 Å². The van der Waals surface area contributed by atoms with Crippen LogP contribution in [0.3, 0.4) is 0 Å². The summed E-state index contributed by atoms with van der Waals surface area (Å²) in [6.07, 6.45) is 0. The molecule has 3 aromatic rings.